The Morgan fingerprint density at radius 3 is 2.05 bits per heavy atom. The Bertz CT molecular complexity index is 2130. The lowest BCUT2D eigenvalue weighted by atomic mass is 10.1. The number of rotatable bonds is 7. The average molecular weight is 614 g/mol. The van der Waals surface area contributed by atoms with Crippen LogP contribution in [-0.4, -0.2) is 38.6 Å². The van der Waals surface area contributed by atoms with Crippen molar-refractivity contribution in [3.63, 3.8) is 0 Å². The maximum atomic E-state index is 12.5. The summed E-state index contributed by atoms with van der Waals surface area (Å²) in [4.78, 5) is 12.5. The van der Waals surface area contributed by atoms with E-state index in [0.717, 1.165) is 0 Å². The number of fused-ring (bicyclic) bond motifs is 1. The highest BCUT2D eigenvalue weighted by Gasteiger charge is 2.23. The SMILES string of the molecule is C#CC#CC#CC#CC#CC#CC#CC#CC#COC(=O)C(NCOc1cc2nnc(-c3ccc(Cl)c(Cl)c3)n2[nH]1)C(C)C. The molecule has 10 heteroatoms. The number of nitrogens with one attached hydrogen (secondary N) is 2. The molecule has 3 aromatic rings. The number of nitrogens with zero attached hydrogens (tertiary/aromatic N) is 3. The third-order valence-electron chi connectivity index (χ3n) is 4.95. The number of carbonyl (C=O) groups is 1. The molecule has 0 spiro atoms. The highest BCUT2D eigenvalue weighted by Crippen LogP contribution is 2.28. The van der Waals surface area contributed by atoms with Crippen molar-refractivity contribution in [1.82, 2.24) is 25.1 Å². The van der Waals surface area contributed by atoms with Crippen molar-refractivity contribution in [2.45, 2.75) is 19.9 Å². The van der Waals surface area contributed by atoms with E-state index in [1.165, 1.54) is 0 Å². The third kappa shape index (κ3) is 10.3. The van der Waals surface area contributed by atoms with Crippen LogP contribution in [0.2, 0.25) is 10.0 Å². The van der Waals surface area contributed by atoms with Gasteiger partial charge in [0.1, 0.15) is 18.9 Å². The molecule has 0 bridgehead atoms. The smallest absolute Gasteiger partial charge is 0.337 e. The normalized spacial score (nSPS) is 9.18. The molecule has 0 aliphatic rings. The van der Waals surface area contributed by atoms with Crippen LogP contribution < -0.4 is 10.1 Å². The molecule has 210 valence electrons. The van der Waals surface area contributed by atoms with Crippen LogP contribution in [0.1, 0.15) is 13.8 Å². The zero-order chi connectivity index (χ0) is 31.6. The molecule has 0 aliphatic heterocycles. The maximum absolute atomic E-state index is 12.5. The number of H-pyrrole nitrogens is 1. The number of ether oxygens (including phenoxy) is 2. The number of terminal acetylenes is 1. The van der Waals surface area contributed by atoms with Crippen LogP contribution in [0.4, 0.5) is 0 Å². The summed E-state index contributed by atoms with van der Waals surface area (Å²) in [5.74, 6) is 39.1. The monoisotopic (exact) mass is 613 g/mol. The molecular weight excluding hydrogens is 597 g/mol. The molecule has 0 saturated heterocycles. The van der Waals surface area contributed by atoms with Crippen molar-refractivity contribution in [3.8, 4) is 125 Å². The lowest BCUT2D eigenvalue weighted by Crippen LogP contribution is -2.43. The minimum absolute atomic E-state index is 0.00555. The summed E-state index contributed by atoms with van der Waals surface area (Å²) in [5, 5.41) is 15.2. The molecule has 2 N–H and O–H groups in total. The number of hydrogen-bond donors (Lipinski definition) is 2. The molecule has 1 atom stereocenters. The van der Waals surface area contributed by atoms with Gasteiger partial charge in [0.15, 0.2) is 11.5 Å². The molecule has 0 fully saturated rings. The number of aromatic amines is 1. The number of benzene rings is 1. The van der Waals surface area contributed by atoms with Gasteiger partial charge in [-0.2, -0.15) is 0 Å². The van der Waals surface area contributed by atoms with Gasteiger partial charge in [0.2, 0.25) is 5.88 Å². The van der Waals surface area contributed by atoms with E-state index >= 15 is 0 Å². The minimum Gasteiger partial charge on any atom is -0.462 e. The lowest BCUT2D eigenvalue weighted by molar-refractivity contribution is -0.140. The average Bonchev–Trinajstić information content (AvgIpc) is 3.59. The number of esters is 1. The summed E-state index contributed by atoms with van der Waals surface area (Å²) in [6.07, 6.45) is 7.20. The molecule has 0 saturated carbocycles. The number of hydrogen-bond acceptors (Lipinski definition) is 6. The van der Waals surface area contributed by atoms with E-state index in [9.17, 15) is 4.79 Å². The largest absolute Gasteiger partial charge is 0.462 e. The van der Waals surface area contributed by atoms with Crippen LogP contribution in [0.5, 0.6) is 5.88 Å². The van der Waals surface area contributed by atoms with Gasteiger partial charge >= 0.3 is 5.97 Å². The van der Waals surface area contributed by atoms with E-state index < -0.39 is 12.0 Å². The Morgan fingerprint density at radius 1 is 0.886 bits per heavy atom. The van der Waals surface area contributed by atoms with Gasteiger partial charge < -0.3 is 9.47 Å². The van der Waals surface area contributed by atoms with Crippen molar-refractivity contribution in [2.24, 2.45) is 5.92 Å². The predicted octanol–water partition coefficient (Wildman–Crippen LogP) is 3.14. The minimum atomic E-state index is -0.695. The number of halogens is 2. The van der Waals surface area contributed by atoms with Gasteiger partial charge in [-0.05, 0) is 71.5 Å². The van der Waals surface area contributed by atoms with E-state index in [1.54, 1.807) is 28.8 Å². The standard InChI is InChI=1S/C34H17Cl2N5O3/c1-4-5-6-7-8-9-10-11-12-13-14-15-16-17-18-19-22-43-34(42)32(26(2)3)37-25-44-31-24-30-38-39-33(41(30)40-31)27-20-21-28(35)29(36)23-27/h1,20-21,23-24,26,32,37,40H,25H2,2-3H3. The fourth-order valence-electron chi connectivity index (χ4n) is 3.06. The third-order valence-corrected chi connectivity index (χ3v) is 5.69. The Hall–Kier alpha value is -6.25. The Morgan fingerprint density at radius 2 is 1.48 bits per heavy atom. The Kier molecular flexibility index (Phi) is 12.9. The van der Waals surface area contributed by atoms with E-state index in [4.69, 9.17) is 39.1 Å². The maximum Gasteiger partial charge on any atom is 0.337 e. The lowest BCUT2D eigenvalue weighted by Gasteiger charge is -2.18. The Labute approximate surface area is 264 Å². The molecule has 0 aliphatic carbocycles. The van der Waals surface area contributed by atoms with Crippen molar-refractivity contribution >= 4 is 34.8 Å². The molecule has 8 nitrogen and oxygen atoms in total. The summed E-state index contributed by atoms with van der Waals surface area (Å²) in [5.41, 5.74) is 1.24. The van der Waals surface area contributed by atoms with Crippen molar-refractivity contribution in [1.29, 1.82) is 0 Å². The van der Waals surface area contributed by atoms with Crippen LogP contribution in [0.15, 0.2) is 24.3 Å². The fourth-order valence-corrected chi connectivity index (χ4v) is 3.36. The molecule has 3 rings (SSSR count). The summed E-state index contributed by atoms with van der Waals surface area (Å²) in [6.45, 7) is 3.70. The first-order valence-electron chi connectivity index (χ1n) is 12.3. The van der Waals surface area contributed by atoms with Crippen LogP contribution >= 0.6 is 23.2 Å². The zero-order valence-corrected chi connectivity index (χ0v) is 24.6. The fraction of sp³-hybridized carbons (Fsp3) is 0.147. The van der Waals surface area contributed by atoms with Crippen LogP contribution in [-0.2, 0) is 9.53 Å². The van der Waals surface area contributed by atoms with Gasteiger partial charge in [-0.3, -0.25) is 10.4 Å². The first kappa shape index (κ1) is 32.3. The van der Waals surface area contributed by atoms with Crippen molar-refractivity contribution in [2.75, 3.05) is 6.73 Å². The number of aromatic nitrogens is 4. The van der Waals surface area contributed by atoms with Gasteiger partial charge in [0.25, 0.3) is 0 Å². The van der Waals surface area contributed by atoms with Crippen molar-refractivity contribution in [3.05, 3.63) is 34.3 Å². The number of carbonyl (C=O) groups excluding carboxylic acids is 1. The molecule has 2 aromatic heterocycles. The molecule has 0 radical (unpaired) electrons. The van der Waals surface area contributed by atoms with Crippen LogP contribution in [0.25, 0.3) is 17.0 Å². The summed E-state index contributed by atoms with van der Waals surface area (Å²) in [7, 11) is 0. The second-order valence-corrected chi connectivity index (χ2v) is 9.04. The van der Waals surface area contributed by atoms with Gasteiger partial charge in [-0.25, -0.2) is 9.31 Å². The quantitative estimate of drug-likeness (QED) is 0.242. The second-order valence-electron chi connectivity index (χ2n) is 8.22. The van der Waals surface area contributed by atoms with Gasteiger partial charge in [-0.1, -0.05) is 37.0 Å². The second kappa shape index (κ2) is 17.5. The highest BCUT2D eigenvalue weighted by atomic mass is 35.5. The topological polar surface area (TPSA) is 93.5 Å². The molecule has 0 amide bonds. The molecule has 1 unspecified atom stereocenters. The summed E-state index contributed by atoms with van der Waals surface area (Å²) < 4.78 is 12.4. The highest BCUT2D eigenvalue weighted by molar-refractivity contribution is 6.42. The first-order valence-corrected chi connectivity index (χ1v) is 13.1. The van der Waals surface area contributed by atoms with Gasteiger partial charge in [0.05, 0.1) is 10.0 Å². The molecule has 2 heterocycles. The van der Waals surface area contributed by atoms with Gasteiger partial charge in [0, 0.05) is 59.0 Å². The van der Waals surface area contributed by atoms with Crippen LogP contribution in [0.3, 0.4) is 0 Å². The van der Waals surface area contributed by atoms with Crippen LogP contribution in [0, 0.1) is 113 Å². The van der Waals surface area contributed by atoms with E-state index in [-0.39, 0.29) is 12.6 Å². The first-order chi connectivity index (χ1) is 21.4. The molecule has 44 heavy (non-hydrogen) atoms. The molecular formula is C34H17Cl2N5O3. The molecule has 1 aromatic carbocycles. The summed E-state index contributed by atoms with van der Waals surface area (Å²) in [6, 6.07) is 6.11. The van der Waals surface area contributed by atoms with Gasteiger partial charge in [-0.15, -0.1) is 16.6 Å². The van der Waals surface area contributed by atoms with Crippen molar-refractivity contribution < 1.29 is 14.3 Å². The van der Waals surface area contributed by atoms with E-state index in [2.05, 4.69) is 121 Å². The van der Waals surface area contributed by atoms with E-state index in [1.807, 2.05) is 13.8 Å². The Balaban J connectivity index is 1.47. The summed E-state index contributed by atoms with van der Waals surface area (Å²) >= 11 is 12.1. The van der Waals surface area contributed by atoms with E-state index in [0.29, 0.717) is 33.0 Å². The zero-order valence-electron chi connectivity index (χ0n) is 23.1. The predicted molar refractivity (Wildman–Crippen MR) is 167 cm³/mol.